The van der Waals surface area contributed by atoms with E-state index in [1.165, 1.54) is 6.33 Å². The molecule has 1 aliphatic heterocycles. The van der Waals surface area contributed by atoms with Crippen LogP contribution in [0.4, 0.5) is 11.5 Å². The first kappa shape index (κ1) is 26.1. The van der Waals surface area contributed by atoms with Crippen LogP contribution in [0.5, 0.6) is 17.2 Å². The summed E-state index contributed by atoms with van der Waals surface area (Å²) >= 11 is 6.39. The van der Waals surface area contributed by atoms with Gasteiger partial charge in [0.2, 0.25) is 0 Å². The van der Waals surface area contributed by atoms with E-state index in [1.807, 2.05) is 24.3 Å². The summed E-state index contributed by atoms with van der Waals surface area (Å²) in [5.41, 5.74) is 1.42. The Morgan fingerprint density at radius 3 is 2.41 bits per heavy atom. The fraction of sp³-hybridized carbons (Fsp3) is 0.364. The molecular formula is C22H27Cl3N4O3. The van der Waals surface area contributed by atoms with E-state index >= 15 is 0 Å². The molecule has 1 N–H and O–H groups in total. The molecule has 0 radical (unpaired) electrons. The molecule has 32 heavy (non-hydrogen) atoms. The number of hydrogen-bond acceptors (Lipinski definition) is 7. The Hall–Kier alpha value is -2.19. The third-order valence-corrected chi connectivity index (χ3v) is 5.63. The maximum absolute atomic E-state index is 6.43. The summed E-state index contributed by atoms with van der Waals surface area (Å²) < 4.78 is 17.2. The summed E-state index contributed by atoms with van der Waals surface area (Å²) in [5, 5.41) is 4.67. The molecule has 7 nitrogen and oxygen atoms in total. The summed E-state index contributed by atoms with van der Waals surface area (Å²) in [6, 6.07) is 9.19. The average molecular weight is 502 g/mol. The highest BCUT2D eigenvalue weighted by Crippen LogP contribution is 2.38. The number of aromatic nitrogens is 2. The molecule has 1 saturated heterocycles. The molecule has 0 saturated carbocycles. The molecule has 1 aliphatic rings. The van der Waals surface area contributed by atoms with Crippen molar-refractivity contribution in [1.29, 1.82) is 0 Å². The van der Waals surface area contributed by atoms with E-state index in [-0.39, 0.29) is 30.9 Å². The van der Waals surface area contributed by atoms with E-state index in [2.05, 4.69) is 27.2 Å². The molecule has 3 aromatic rings. The SMILES string of the molecule is COc1ccc(Cl)c(Nc2ncnc3cc(OC)cc(OC4CCN(C)CC4)c23)c1.Cl.Cl. The van der Waals surface area contributed by atoms with Gasteiger partial charge in [-0.25, -0.2) is 9.97 Å². The fourth-order valence-electron chi connectivity index (χ4n) is 3.57. The van der Waals surface area contributed by atoms with Crippen LogP contribution in [0, 0.1) is 0 Å². The standard InChI is InChI=1S/C22H25ClN4O3.2ClH/c1-27-8-6-14(7-9-27)30-20-12-16(29-3)11-19-21(20)22(25-13-24-19)26-18-10-15(28-2)4-5-17(18)23;;/h4-5,10-14H,6-9H2,1-3H3,(H,24,25,26);2*1H. The number of ether oxygens (including phenoxy) is 3. The number of nitrogens with zero attached hydrogens (tertiary/aromatic N) is 3. The predicted molar refractivity (Wildman–Crippen MR) is 133 cm³/mol. The third-order valence-electron chi connectivity index (χ3n) is 5.30. The van der Waals surface area contributed by atoms with E-state index in [0.717, 1.165) is 36.8 Å². The number of hydrogen-bond donors (Lipinski definition) is 1. The Labute approximate surface area is 205 Å². The molecule has 10 heteroatoms. The van der Waals surface area contributed by atoms with Crippen LogP contribution in [0.15, 0.2) is 36.7 Å². The Morgan fingerprint density at radius 1 is 1.00 bits per heavy atom. The lowest BCUT2D eigenvalue weighted by atomic mass is 10.1. The van der Waals surface area contributed by atoms with Crippen LogP contribution in [0.2, 0.25) is 5.02 Å². The highest BCUT2D eigenvalue weighted by atomic mass is 35.5. The van der Waals surface area contributed by atoms with Gasteiger partial charge in [0.25, 0.3) is 0 Å². The highest BCUT2D eigenvalue weighted by molar-refractivity contribution is 6.33. The lowest BCUT2D eigenvalue weighted by molar-refractivity contribution is 0.115. The van der Waals surface area contributed by atoms with Crippen molar-refractivity contribution in [2.75, 3.05) is 39.7 Å². The molecule has 0 bridgehead atoms. The number of likely N-dealkylation sites (tertiary alicyclic amines) is 1. The van der Waals surface area contributed by atoms with Crippen LogP contribution in [0.1, 0.15) is 12.8 Å². The zero-order valence-corrected chi connectivity index (χ0v) is 20.5. The normalized spacial score (nSPS) is 14.2. The van der Waals surface area contributed by atoms with Crippen molar-refractivity contribution in [1.82, 2.24) is 14.9 Å². The molecule has 4 rings (SSSR count). The van der Waals surface area contributed by atoms with Crippen molar-refractivity contribution in [3.8, 4) is 17.2 Å². The molecular weight excluding hydrogens is 475 g/mol. The van der Waals surface area contributed by atoms with E-state index in [4.69, 9.17) is 25.8 Å². The van der Waals surface area contributed by atoms with Crippen molar-refractivity contribution in [3.05, 3.63) is 41.7 Å². The maximum Gasteiger partial charge on any atom is 0.145 e. The molecule has 174 valence electrons. The van der Waals surface area contributed by atoms with E-state index in [0.29, 0.717) is 33.8 Å². The van der Waals surface area contributed by atoms with Gasteiger partial charge in [-0.1, -0.05) is 11.6 Å². The van der Waals surface area contributed by atoms with Gasteiger partial charge in [-0.15, -0.1) is 24.8 Å². The minimum Gasteiger partial charge on any atom is -0.497 e. The van der Waals surface area contributed by atoms with Gasteiger partial charge < -0.3 is 24.4 Å². The second-order valence-electron chi connectivity index (χ2n) is 7.33. The first-order chi connectivity index (χ1) is 14.6. The summed E-state index contributed by atoms with van der Waals surface area (Å²) in [7, 11) is 5.38. The lowest BCUT2D eigenvalue weighted by Crippen LogP contribution is -2.35. The van der Waals surface area contributed by atoms with Gasteiger partial charge in [-0.05, 0) is 32.0 Å². The van der Waals surface area contributed by atoms with Crippen molar-refractivity contribution in [3.63, 3.8) is 0 Å². The van der Waals surface area contributed by atoms with E-state index in [9.17, 15) is 0 Å². The summed E-state index contributed by atoms with van der Waals surface area (Å²) in [5.74, 6) is 2.70. The third kappa shape index (κ3) is 5.78. The van der Waals surface area contributed by atoms with E-state index < -0.39 is 0 Å². The number of benzene rings is 2. The van der Waals surface area contributed by atoms with Gasteiger partial charge in [0.15, 0.2) is 0 Å². The number of fused-ring (bicyclic) bond motifs is 1. The molecule has 1 fully saturated rings. The Bertz CT molecular complexity index is 1050. The second kappa shape index (κ2) is 11.6. The van der Waals surface area contributed by atoms with Crippen molar-refractivity contribution < 1.29 is 14.2 Å². The van der Waals surface area contributed by atoms with Gasteiger partial charge in [0, 0.05) is 31.3 Å². The molecule has 0 spiro atoms. The first-order valence-electron chi connectivity index (χ1n) is 9.86. The summed E-state index contributed by atoms with van der Waals surface area (Å²) in [6.45, 7) is 2.02. The zero-order chi connectivity index (χ0) is 21.1. The predicted octanol–water partition coefficient (Wildman–Crippen LogP) is 5.36. The number of methoxy groups -OCH3 is 2. The Balaban J connectivity index is 0.00000181. The first-order valence-corrected chi connectivity index (χ1v) is 10.2. The van der Waals surface area contributed by atoms with Crippen LogP contribution >= 0.6 is 36.4 Å². The topological polar surface area (TPSA) is 68.7 Å². The fourth-order valence-corrected chi connectivity index (χ4v) is 3.74. The smallest absolute Gasteiger partial charge is 0.145 e. The van der Waals surface area contributed by atoms with Gasteiger partial charge in [0.05, 0.1) is 35.8 Å². The minimum absolute atomic E-state index is 0. The van der Waals surface area contributed by atoms with Crippen molar-refractivity contribution >= 4 is 58.8 Å². The number of nitrogens with one attached hydrogen (secondary N) is 1. The molecule has 2 aromatic carbocycles. The number of anilines is 2. The van der Waals surface area contributed by atoms with Crippen molar-refractivity contribution in [2.24, 2.45) is 0 Å². The zero-order valence-electron chi connectivity index (χ0n) is 18.1. The Kier molecular flexibility index (Phi) is 9.46. The summed E-state index contributed by atoms with van der Waals surface area (Å²) in [4.78, 5) is 11.2. The van der Waals surface area contributed by atoms with Gasteiger partial charge in [0.1, 0.15) is 35.5 Å². The lowest BCUT2D eigenvalue weighted by Gasteiger charge is -2.29. The molecule has 0 unspecified atom stereocenters. The van der Waals surface area contributed by atoms with Crippen LogP contribution in [0.25, 0.3) is 10.9 Å². The quantitative estimate of drug-likeness (QED) is 0.487. The summed E-state index contributed by atoms with van der Waals surface area (Å²) in [6.07, 6.45) is 3.57. The maximum atomic E-state index is 6.43. The van der Waals surface area contributed by atoms with Crippen molar-refractivity contribution in [2.45, 2.75) is 18.9 Å². The van der Waals surface area contributed by atoms with Crippen LogP contribution in [0.3, 0.4) is 0 Å². The van der Waals surface area contributed by atoms with Crippen LogP contribution in [-0.4, -0.2) is 55.3 Å². The average Bonchev–Trinajstić information content (AvgIpc) is 2.76. The van der Waals surface area contributed by atoms with Gasteiger partial charge in [-0.3, -0.25) is 0 Å². The second-order valence-corrected chi connectivity index (χ2v) is 7.74. The van der Waals surface area contributed by atoms with Crippen LogP contribution < -0.4 is 19.5 Å². The van der Waals surface area contributed by atoms with Gasteiger partial charge >= 0.3 is 0 Å². The van der Waals surface area contributed by atoms with Gasteiger partial charge in [-0.2, -0.15) is 0 Å². The van der Waals surface area contributed by atoms with Crippen LogP contribution in [-0.2, 0) is 0 Å². The molecule has 0 atom stereocenters. The number of rotatable bonds is 6. The molecule has 2 heterocycles. The van der Waals surface area contributed by atoms with E-state index in [1.54, 1.807) is 20.3 Å². The molecule has 0 aliphatic carbocycles. The molecule has 1 aromatic heterocycles. The monoisotopic (exact) mass is 500 g/mol. The Morgan fingerprint density at radius 2 is 1.72 bits per heavy atom. The number of halogens is 3. The largest absolute Gasteiger partial charge is 0.497 e. The minimum atomic E-state index is 0. The highest BCUT2D eigenvalue weighted by Gasteiger charge is 2.21. The molecule has 0 amide bonds. The number of piperidine rings is 1.